The number of benzene rings is 1. The molecule has 1 aliphatic heterocycles. The lowest BCUT2D eigenvalue weighted by molar-refractivity contribution is 0.495. The van der Waals surface area contributed by atoms with Gasteiger partial charge in [0, 0.05) is 24.5 Å². The van der Waals surface area contributed by atoms with Crippen LogP contribution in [0.3, 0.4) is 0 Å². The Labute approximate surface area is 185 Å². The van der Waals surface area contributed by atoms with E-state index in [1.807, 2.05) is 35.8 Å². The molecule has 2 unspecified atom stereocenters. The van der Waals surface area contributed by atoms with Crippen LogP contribution < -0.4 is 16.2 Å². The van der Waals surface area contributed by atoms with Crippen molar-refractivity contribution >= 4 is 27.9 Å². The molecule has 1 fully saturated rings. The van der Waals surface area contributed by atoms with Gasteiger partial charge in [-0.3, -0.25) is 14.5 Å². The number of hydrogen-bond acceptors (Lipinski definition) is 6. The molecule has 3 N–H and O–H groups in total. The fourth-order valence-electron chi connectivity index (χ4n) is 4.49. The van der Waals surface area contributed by atoms with Crippen LogP contribution in [0.4, 0.5) is 5.95 Å². The number of nitrogens with one attached hydrogen (secondary N) is 1. The molecule has 164 valence electrons. The van der Waals surface area contributed by atoms with Crippen molar-refractivity contribution in [3.63, 3.8) is 0 Å². The minimum absolute atomic E-state index is 0.0945. The van der Waals surface area contributed by atoms with Crippen molar-refractivity contribution in [3.05, 3.63) is 46.5 Å². The number of hydrogen-bond donors (Lipinski definition) is 2. The normalized spacial score (nSPS) is 17.5. The summed E-state index contributed by atoms with van der Waals surface area (Å²) in [6, 6.07) is 7.61. The Morgan fingerprint density at radius 3 is 3.00 bits per heavy atom. The van der Waals surface area contributed by atoms with Crippen molar-refractivity contribution in [2.75, 3.05) is 18.0 Å². The van der Waals surface area contributed by atoms with Gasteiger partial charge in [0.05, 0.1) is 30.0 Å². The summed E-state index contributed by atoms with van der Waals surface area (Å²) < 4.78 is 3.38. The lowest BCUT2D eigenvalue weighted by Crippen LogP contribution is -2.44. The lowest BCUT2D eigenvalue weighted by Gasteiger charge is -2.31. The van der Waals surface area contributed by atoms with E-state index in [1.165, 1.54) is 4.68 Å². The first-order valence-electron chi connectivity index (χ1n) is 10.9. The van der Waals surface area contributed by atoms with Gasteiger partial charge in [-0.15, -0.1) is 5.92 Å². The number of H-pyrrole nitrogens is 1. The number of nitrogens with zero attached hydrogens (tertiary/aromatic N) is 6. The van der Waals surface area contributed by atoms with Crippen LogP contribution in [0.15, 0.2) is 35.3 Å². The Hall–Kier alpha value is -3.64. The summed E-state index contributed by atoms with van der Waals surface area (Å²) in [5.74, 6) is 6.75. The van der Waals surface area contributed by atoms with Crippen LogP contribution in [0, 0.1) is 11.8 Å². The number of piperidine rings is 1. The summed E-state index contributed by atoms with van der Waals surface area (Å²) in [5, 5.41) is 12.9. The highest BCUT2D eigenvalue weighted by Gasteiger charge is 2.25. The third-order valence-electron chi connectivity index (χ3n) is 6.11. The second-order valence-corrected chi connectivity index (χ2v) is 8.23. The molecular formula is C23H26N8O. The summed E-state index contributed by atoms with van der Waals surface area (Å²) in [6.45, 7) is 5.67. The van der Waals surface area contributed by atoms with Gasteiger partial charge in [0.2, 0.25) is 5.95 Å². The number of aromatic nitrogens is 6. The first-order valence-corrected chi connectivity index (χ1v) is 10.9. The average molecular weight is 431 g/mol. The van der Waals surface area contributed by atoms with Gasteiger partial charge in [0.15, 0.2) is 0 Å². The summed E-state index contributed by atoms with van der Waals surface area (Å²) in [7, 11) is 0. The molecule has 5 rings (SSSR count). The van der Waals surface area contributed by atoms with Gasteiger partial charge >= 0.3 is 0 Å². The topological polar surface area (TPSA) is 111 Å². The van der Waals surface area contributed by atoms with Crippen molar-refractivity contribution in [3.8, 4) is 11.8 Å². The Morgan fingerprint density at radius 1 is 1.34 bits per heavy atom. The largest absolute Gasteiger partial charge is 0.341 e. The van der Waals surface area contributed by atoms with E-state index in [4.69, 9.17) is 10.7 Å². The summed E-state index contributed by atoms with van der Waals surface area (Å²) in [5.41, 5.74) is 8.77. The van der Waals surface area contributed by atoms with E-state index >= 15 is 0 Å². The molecule has 0 bridgehead atoms. The maximum Gasteiger partial charge on any atom is 0.293 e. The molecule has 1 aromatic carbocycles. The van der Waals surface area contributed by atoms with E-state index in [0.717, 1.165) is 41.9 Å². The molecule has 0 spiro atoms. The molecule has 9 heteroatoms. The Balaban J connectivity index is 1.65. The molecule has 9 nitrogen and oxygen atoms in total. The molecule has 0 radical (unpaired) electrons. The Bertz CT molecular complexity index is 1400. The quantitative estimate of drug-likeness (QED) is 0.479. The number of rotatable bonds is 4. The first kappa shape index (κ1) is 20.3. The molecular weight excluding hydrogens is 404 g/mol. The molecule has 4 heterocycles. The van der Waals surface area contributed by atoms with Crippen LogP contribution in [-0.4, -0.2) is 48.7 Å². The number of aromatic amines is 1. The van der Waals surface area contributed by atoms with Gasteiger partial charge < -0.3 is 10.6 Å². The van der Waals surface area contributed by atoms with E-state index in [2.05, 4.69) is 32.0 Å². The maximum absolute atomic E-state index is 13.7. The van der Waals surface area contributed by atoms with Crippen molar-refractivity contribution in [2.45, 2.75) is 45.3 Å². The van der Waals surface area contributed by atoms with Crippen LogP contribution >= 0.6 is 0 Å². The van der Waals surface area contributed by atoms with Gasteiger partial charge in [-0.25, -0.2) is 9.67 Å². The van der Waals surface area contributed by atoms with Crippen LogP contribution in [-0.2, 0) is 6.54 Å². The second kappa shape index (κ2) is 8.13. The minimum atomic E-state index is -0.351. The van der Waals surface area contributed by atoms with E-state index in [-0.39, 0.29) is 17.6 Å². The number of fused-ring (bicyclic) bond motifs is 2. The fraction of sp³-hybridized carbons (Fsp3) is 0.391. The lowest BCUT2D eigenvalue weighted by atomic mass is 10.1. The van der Waals surface area contributed by atoms with Gasteiger partial charge in [-0.1, -0.05) is 24.1 Å². The van der Waals surface area contributed by atoms with Gasteiger partial charge in [-0.2, -0.15) is 10.2 Å². The zero-order chi connectivity index (χ0) is 22.2. The second-order valence-electron chi connectivity index (χ2n) is 8.23. The molecule has 1 aliphatic rings. The molecule has 0 amide bonds. The van der Waals surface area contributed by atoms with Crippen LogP contribution in [0.2, 0.25) is 0 Å². The van der Waals surface area contributed by atoms with Crippen molar-refractivity contribution < 1.29 is 0 Å². The molecule has 2 atom stereocenters. The number of imidazole rings is 1. The molecule has 0 aliphatic carbocycles. The zero-order valence-electron chi connectivity index (χ0n) is 18.2. The van der Waals surface area contributed by atoms with Crippen LogP contribution in [0.1, 0.15) is 38.4 Å². The van der Waals surface area contributed by atoms with Crippen molar-refractivity contribution in [1.82, 2.24) is 29.5 Å². The highest BCUT2D eigenvalue weighted by Crippen LogP contribution is 2.26. The number of para-hydroxylation sites is 1. The van der Waals surface area contributed by atoms with Gasteiger partial charge in [0.25, 0.3) is 5.56 Å². The van der Waals surface area contributed by atoms with E-state index < -0.39 is 0 Å². The first-order chi connectivity index (χ1) is 15.6. The summed E-state index contributed by atoms with van der Waals surface area (Å²) in [6.07, 6.45) is 3.65. The minimum Gasteiger partial charge on any atom is -0.341 e. The monoisotopic (exact) mass is 430 g/mol. The third-order valence-corrected chi connectivity index (χ3v) is 6.11. The molecule has 4 aromatic rings. The number of anilines is 1. The number of nitrogens with two attached hydrogens (primary N) is 1. The third kappa shape index (κ3) is 3.33. The highest BCUT2D eigenvalue weighted by atomic mass is 16.1. The van der Waals surface area contributed by atoms with Crippen LogP contribution in [0.25, 0.3) is 21.9 Å². The maximum atomic E-state index is 13.7. The zero-order valence-corrected chi connectivity index (χ0v) is 18.2. The summed E-state index contributed by atoms with van der Waals surface area (Å²) >= 11 is 0. The molecule has 3 aromatic heterocycles. The molecule has 0 saturated carbocycles. The Kier molecular flexibility index (Phi) is 5.15. The van der Waals surface area contributed by atoms with Gasteiger partial charge in [-0.05, 0) is 32.8 Å². The molecule has 32 heavy (non-hydrogen) atoms. The summed E-state index contributed by atoms with van der Waals surface area (Å²) in [4.78, 5) is 20.6. The van der Waals surface area contributed by atoms with Crippen molar-refractivity contribution in [1.29, 1.82) is 0 Å². The predicted molar refractivity (Wildman–Crippen MR) is 125 cm³/mol. The van der Waals surface area contributed by atoms with Crippen LogP contribution in [0.5, 0.6) is 0 Å². The van der Waals surface area contributed by atoms with E-state index in [9.17, 15) is 4.79 Å². The van der Waals surface area contributed by atoms with E-state index in [0.29, 0.717) is 24.1 Å². The highest BCUT2D eigenvalue weighted by molar-refractivity contribution is 5.82. The van der Waals surface area contributed by atoms with E-state index in [1.54, 1.807) is 13.1 Å². The average Bonchev–Trinajstić information content (AvgIpc) is 3.39. The fourth-order valence-corrected chi connectivity index (χ4v) is 4.49. The predicted octanol–water partition coefficient (Wildman–Crippen LogP) is 2.03. The van der Waals surface area contributed by atoms with Gasteiger partial charge in [0.1, 0.15) is 11.0 Å². The SMILES string of the molecule is CC#CCn1c(N2CCCC(N)C2)nc2cnn(C(C)c3n[nH]c4ccccc34)c(=O)c21. The standard InChI is InChI=1S/C23H26N8O/c1-3-4-12-30-21-19(26-23(30)29-11-7-8-16(24)14-29)13-25-31(22(21)32)15(2)20-17-9-5-6-10-18(17)27-28-20/h5-6,9-10,13,15-16H,7-8,11-12,14,24H2,1-2H3,(H,27,28). The Morgan fingerprint density at radius 2 is 2.19 bits per heavy atom. The molecule has 1 saturated heterocycles. The smallest absolute Gasteiger partial charge is 0.293 e. The van der Waals surface area contributed by atoms with Crippen molar-refractivity contribution in [2.24, 2.45) is 5.73 Å².